The molecule has 1 aromatic heterocycles. The van der Waals surface area contributed by atoms with E-state index in [-0.39, 0.29) is 18.0 Å². The Morgan fingerprint density at radius 3 is 2.63 bits per heavy atom. The number of nitrogens with zero attached hydrogens (tertiary/aromatic N) is 1. The van der Waals surface area contributed by atoms with Crippen molar-refractivity contribution in [1.82, 2.24) is 4.98 Å². The fourth-order valence-electron chi connectivity index (χ4n) is 1.26. The van der Waals surface area contributed by atoms with E-state index >= 15 is 0 Å². The normalized spacial score (nSPS) is 11.6. The number of esters is 1. The van der Waals surface area contributed by atoms with E-state index in [1.54, 1.807) is 31.2 Å². The van der Waals surface area contributed by atoms with Crippen LogP contribution in [0.1, 0.15) is 13.8 Å². The predicted molar refractivity (Wildman–Crippen MR) is 73.0 cm³/mol. The van der Waals surface area contributed by atoms with E-state index in [0.29, 0.717) is 5.88 Å². The van der Waals surface area contributed by atoms with Gasteiger partial charge in [0.05, 0.1) is 0 Å². The summed E-state index contributed by atoms with van der Waals surface area (Å²) in [5.41, 5.74) is 0.123. The van der Waals surface area contributed by atoms with Gasteiger partial charge in [-0.2, -0.15) is 0 Å². The fourth-order valence-corrected chi connectivity index (χ4v) is 3.25. The van der Waals surface area contributed by atoms with E-state index in [1.807, 2.05) is 6.07 Å². The number of rotatable bonds is 6. The number of Topliss-reactive ketones (excluding diaryl/α,β-unsaturated/α-hetero) is 1. The second kappa shape index (κ2) is 7.74. The number of pyridine rings is 1. The molecule has 1 unspecified atom stereocenters. The van der Waals surface area contributed by atoms with Crippen molar-refractivity contribution in [2.75, 3.05) is 13.7 Å². The maximum absolute atomic E-state index is 11.6. The molecule has 1 rings (SSSR count). The summed E-state index contributed by atoms with van der Waals surface area (Å²) < 4.78 is 10.8. The zero-order chi connectivity index (χ0) is 14.3. The van der Waals surface area contributed by atoms with Gasteiger partial charge in [-0.15, -0.1) is 0 Å². The van der Waals surface area contributed by atoms with Crippen LogP contribution in [-0.2, 0) is 14.3 Å². The van der Waals surface area contributed by atoms with Crippen LogP contribution in [-0.4, -0.2) is 46.2 Å². The number of ether oxygens (including phenoxy) is 2. The van der Waals surface area contributed by atoms with Gasteiger partial charge in [0, 0.05) is 0 Å². The molecule has 0 saturated carbocycles. The van der Waals surface area contributed by atoms with Crippen LogP contribution in [0.2, 0.25) is 0 Å². The Hall–Kier alpha value is -1.61. The van der Waals surface area contributed by atoms with Crippen LogP contribution < -0.4 is 9.09 Å². The molecule has 102 valence electrons. The molecule has 0 bridgehead atoms. The molecule has 0 aliphatic rings. The molecule has 19 heavy (non-hydrogen) atoms. The summed E-state index contributed by atoms with van der Waals surface area (Å²) in [7, 11) is 1.55. The number of ketones is 1. The summed E-state index contributed by atoms with van der Waals surface area (Å²) in [6, 6.07) is 3.63. The fraction of sp³-hybridized carbons (Fsp3) is 0.308. The average Bonchev–Trinajstić information content (AvgIpc) is 2.39. The zero-order valence-corrected chi connectivity index (χ0v) is 13.2. The third-order valence-electron chi connectivity index (χ3n) is 2.20. The standard InChI is InChI=1S/C13H16AsNO4/c1-4-19-13(17)11(9(2)16)7-14-10-5-6-12(18-3)15-8-10/h5-8,14H,4H2,1-3H3/b11-7+. The summed E-state index contributed by atoms with van der Waals surface area (Å²) in [6.07, 6.45) is 1.69. The molecule has 0 aliphatic carbocycles. The van der Waals surface area contributed by atoms with E-state index in [9.17, 15) is 9.59 Å². The summed E-state index contributed by atoms with van der Waals surface area (Å²) in [5, 5.41) is 0. The number of aromatic nitrogens is 1. The van der Waals surface area contributed by atoms with E-state index in [0.717, 1.165) is 4.35 Å². The summed E-state index contributed by atoms with van der Waals surface area (Å²) >= 11 is -0.755. The molecule has 0 aliphatic heterocycles. The molecule has 0 spiro atoms. The summed E-state index contributed by atoms with van der Waals surface area (Å²) in [5.74, 6) is -0.291. The summed E-state index contributed by atoms with van der Waals surface area (Å²) in [6.45, 7) is 3.33. The molecular formula is C13H16AsNO4. The first-order chi connectivity index (χ1) is 9.08. The Morgan fingerprint density at radius 2 is 2.16 bits per heavy atom. The van der Waals surface area contributed by atoms with Gasteiger partial charge in [-0.25, -0.2) is 0 Å². The predicted octanol–water partition coefficient (Wildman–Crippen LogP) is 0.188. The van der Waals surface area contributed by atoms with Crippen molar-refractivity contribution in [2.24, 2.45) is 0 Å². The van der Waals surface area contributed by atoms with Crippen LogP contribution in [0.3, 0.4) is 0 Å². The molecule has 1 heterocycles. The van der Waals surface area contributed by atoms with Gasteiger partial charge in [0.25, 0.3) is 0 Å². The second-order valence-electron chi connectivity index (χ2n) is 3.57. The Morgan fingerprint density at radius 1 is 1.42 bits per heavy atom. The zero-order valence-electron chi connectivity index (χ0n) is 11.1. The first-order valence-corrected chi connectivity index (χ1v) is 7.99. The first-order valence-electron chi connectivity index (χ1n) is 5.73. The summed E-state index contributed by atoms with van der Waals surface area (Å²) in [4.78, 5) is 28.7. The van der Waals surface area contributed by atoms with Crippen molar-refractivity contribution >= 4 is 31.9 Å². The number of carbonyl (C=O) groups excluding carboxylic acids is 2. The van der Waals surface area contributed by atoms with E-state index < -0.39 is 21.7 Å². The van der Waals surface area contributed by atoms with Gasteiger partial charge in [0.15, 0.2) is 0 Å². The van der Waals surface area contributed by atoms with Gasteiger partial charge < -0.3 is 0 Å². The van der Waals surface area contributed by atoms with Crippen LogP contribution in [0.4, 0.5) is 0 Å². The molecule has 0 saturated heterocycles. The molecule has 0 radical (unpaired) electrons. The van der Waals surface area contributed by atoms with E-state index in [2.05, 4.69) is 4.98 Å². The Bertz CT molecular complexity index is 482. The van der Waals surface area contributed by atoms with Gasteiger partial charge in [-0.05, 0) is 0 Å². The van der Waals surface area contributed by atoms with Crippen molar-refractivity contribution in [1.29, 1.82) is 0 Å². The van der Waals surface area contributed by atoms with Crippen LogP contribution in [0, 0.1) is 0 Å². The van der Waals surface area contributed by atoms with Crippen molar-refractivity contribution in [3.05, 3.63) is 28.8 Å². The minimum atomic E-state index is -0.755. The Balaban J connectivity index is 2.79. The van der Waals surface area contributed by atoms with Gasteiger partial charge in [-0.3, -0.25) is 0 Å². The SMILES string of the molecule is CCOC(=O)/C(=C/[AsH]c1ccc(OC)nc1)C(C)=O. The van der Waals surface area contributed by atoms with Crippen LogP contribution in [0.5, 0.6) is 5.88 Å². The monoisotopic (exact) mass is 325 g/mol. The topological polar surface area (TPSA) is 65.5 Å². The van der Waals surface area contributed by atoms with Gasteiger partial charge in [0.1, 0.15) is 0 Å². The minimum absolute atomic E-state index is 0.123. The number of methoxy groups -OCH3 is 1. The number of hydrogen-bond acceptors (Lipinski definition) is 5. The molecule has 0 aromatic carbocycles. The van der Waals surface area contributed by atoms with Crippen molar-refractivity contribution < 1.29 is 19.1 Å². The van der Waals surface area contributed by atoms with Crippen molar-refractivity contribution in [3.8, 4) is 5.88 Å². The average molecular weight is 325 g/mol. The molecule has 6 heteroatoms. The van der Waals surface area contributed by atoms with Crippen LogP contribution in [0.15, 0.2) is 28.8 Å². The Kier molecular flexibility index (Phi) is 6.29. The van der Waals surface area contributed by atoms with E-state index in [1.165, 1.54) is 6.92 Å². The first kappa shape index (κ1) is 15.4. The molecule has 1 atom stereocenters. The number of hydrogen-bond donors (Lipinski definition) is 0. The molecular weight excluding hydrogens is 309 g/mol. The molecule has 0 N–H and O–H groups in total. The third-order valence-corrected chi connectivity index (χ3v) is 4.43. The van der Waals surface area contributed by atoms with Crippen molar-refractivity contribution in [3.63, 3.8) is 0 Å². The van der Waals surface area contributed by atoms with Gasteiger partial charge >= 0.3 is 118 Å². The molecule has 0 amide bonds. The van der Waals surface area contributed by atoms with Crippen LogP contribution in [0.25, 0.3) is 0 Å². The maximum atomic E-state index is 11.6. The molecule has 1 aromatic rings. The van der Waals surface area contributed by atoms with Gasteiger partial charge in [-0.1, -0.05) is 0 Å². The van der Waals surface area contributed by atoms with Crippen LogP contribution >= 0.6 is 0 Å². The Labute approximate surface area is 118 Å². The van der Waals surface area contributed by atoms with Gasteiger partial charge in [0.2, 0.25) is 0 Å². The van der Waals surface area contributed by atoms with E-state index in [4.69, 9.17) is 9.47 Å². The van der Waals surface area contributed by atoms with Crippen molar-refractivity contribution in [2.45, 2.75) is 13.8 Å². The molecule has 0 fully saturated rings. The second-order valence-corrected chi connectivity index (χ2v) is 5.99. The molecule has 5 nitrogen and oxygen atoms in total. The quantitative estimate of drug-likeness (QED) is 0.246. The number of carbonyl (C=O) groups is 2. The third kappa shape index (κ3) is 4.87.